The van der Waals surface area contributed by atoms with E-state index in [9.17, 15) is 0 Å². The van der Waals surface area contributed by atoms with Gasteiger partial charge in [-0.25, -0.2) is 4.68 Å². The van der Waals surface area contributed by atoms with Gasteiger partial charge in [-0.15, -0.1) is 5.10 Å². The third-order valence-electron chi connectivity index (χ3n) is 6.76. The maximum atomic E-state index is 4.47. The number of rotatable bonds is 19. The maximum Gasteiger partial charge on any atom is 0.129 e. The zero-order chi connectivity index (χ0) is 24.4. The van der Waals surface area contributed by atoms with E-state index in [0.29, 0.717) is 0 Å². The van der Waals surface area contributed by atoms with Crippen LogP contribution in [0.5, 0.6) is 0 Å². The zero-order valence-corrected chi connectivity index (χ0v) is 21.9. The van der Waals surface area contributed by atoms with Gasteiger partial charge in [0.1, 0.15) is 11.7 Å². The van der Waals surface area contributed by atoms with Gasteiger partial charge in [0.2, 0.25) is 0 Å². The Balaban J connectivity index is 1.27. The van der Waals surface area contributed by atoms with Crippen molar-refractivity contribution in [2.45, 2.75) is 103 Å². The van der Waals surface area contributed by atoms with Crippen LogP contribution in [0.3, 0.4) is 0 Å². The van der Waals surface area contributed by atoms with Gasteiger partial charge in [0.25, 0.3) is 0 Å². The van der Waals surface area contributed by atoms with E-state index in [2.05, 4.69) is 77.2 Å². The molecule has 0 fully saturated rings. The number of unbranched alkanes of at least 4 members (excludes halogenated alkanes) is 12. The van der Waals surface area contributed by atoms with Crippen molar-refractivity contribution >= 4 is 11.0 Å². The minimum atomic E-state index is 0.00623. The molecular formula is C31H46N4. The van der Waals surface area contributed by atoms with E-state index < -0.39 is 0 Å². The molecular weight excluding hydrogens is 428 g/mol. The van der Waals surface area contributed by atoms with E-state index >= 15 is 0 Å². The summed E-state index contributed by atoms with van der Waals surface area (Å²) in [6.45, 7) is 3.26. The molecule has 3 aromatic rings. The number of fused-ring (bicyclic) bond motifs is 1. The fourth-order valence-electron chi connectivity index (χ4n) is 4.67. The first-order chi connectivity index (χ1) is 17.4. The van der Waals surface area contributed by atoms with Gasteiger partial charge in [-0.05, 0) is 56.3 Å². The molecule has 1 heterocycles. The van der Waals surface area contributed by atoms with E-state index in [1.165, 1.54) is 95.5 Å². The standard InChI is InChI=1S/C31H46N4/c1-2-3-4-5-6-7-8-9-10-11-12-13-14-15-16-22-27-32-31(28-23-18-17-19-24-28)35-30-26-21-20-25-29(30)33-34-35/h9-10,17-21,23-26,31-32H,2-8,11-16,22,27H2,1H3/b10-9-. The molecule has 35 heavy (non-hydrogen) atoms. The van der Waals surface area contributed by atoms with Crippen LogP contribution in [-0.4, -0.2) is 21.5 Å². The Morgan fingerprint density at radius 2 is 1.31 bits per heavy atom. The van der Waals surface area contributed by atoms with Crippen molar-refractivity contribution in [2.24, 2.45) is 0 Å². The summed E-state index contributed by atoms with van der Waals surface area (Å²) in [5.41, 5.74) is 3.22. The number of allylic oxidation sites excluding steroid dienone is 2. The highest BCUT2D eigenvalue weighted by Crippen LogP contribution is 2.20. The molecule has 4 heteroatoms. The Morgan fingerprint density at radius 1 is 0.714 bits per heavy atom. The molecule has 0 aliphatic carbocycles. The van der Waals surface area contributed by atoms with Crippen LogP contribution in [-0.2, 0) is 0 Å². The number of aromatic nitrogens is 3. The van der Waals surface area contributed by atoms with Crippen molar-refractivity contribution < 1.29 is 0 Å². The highest BCUT2D eigenvalue weighted by Gasteiger charge is 2.16. The Labute approximate surface area is 213 Å². The fourth-order valence-corrected chi connectivity index (χ4v) is 4.67. The summed E-state index contributed by atoms with van der Waals surface area (Å²) < 4.78 is 2.02. The summed E-state index contributed by atoms with van der Waals surface area (Å²) in [6.07, 6.45) is 23.5. The Hall–Kier alpha value is -2.46. The molecule has 1 N–H and O–H groups in total. The van der Waals surface area contributed by atoms with E-state index in [1.54, 1.807) is 0 Å². The number of para-hydroxylation sites is 1. The lowest BCUT2D eigenvalue weighted by molar-refractivity contribution is 0.420. The lowest BCUT2D eigenvalue weighted by Crippen LogP contribution is -2.29. The van der Waals surface area contributed by atoms with Gasteiger partial charge in [-0.2, -0.15) is 0 Å². The number of hydrogen-bond donors (Lipinski definition) is 1. The van der Waals surface area contributed by atoms with E-state index in [-0.39, 0.29) is 6.17 Å². The summed E-state index contributed by atoms with van der Waals surface area (Å²) in [5.74, 6) is 0. The number of nitrogens with one attached hydrogen (secondary N) is 1. The summed E-state index contributed by atoms with van der Waals surface area (Å²) in [4.78, 5) is 0. The molecule has 3 rings (SSSR count). The fraction of sp³-hybridized carbons (Fsp3) is 0.548. The van der Waals surface area contributed by atoms with Gasteiger partial charge in [0.05, 0.1) is 5.52 Å². The first kappa shape index (κ1) is 27.1. The van der Waals surface area contributed by atoms with E-state index in [4.69, 9.17) is 0 Å². The van der Waals surface area contributed by atoms with Crippen molar-refractivity contribution in [3.63, 3.8) is 0 Å². The van der Waals surface area contributed by atoms with Crippen molar-refractivity contribution in [3.05, 3.63) is 72.3 Å². The molecule has 0 spiro atoms. The van der Waals surface area contributed by atoms with Crippen LogP contribution in [0.2, 0.25) is 0 Å². The highest BCUT2D eigenvalue weighted by atomic mass is 15.5. The third kappa shape index (κ3) is 9.97. The second-order valence-corrected chi connectivity index (χ2v) is 9.73. The second-order valence-electron chi connectivity index (χ2n) is 9.73. The predicted molar refractivity (Wildman–Crippen MR) is 150 cm³/mol. The molecule has 0 aliphatic rings. The van der Waals surface area contributed by atoms with Gasteiger partial charge in [0.15, 0.2) is 0 Å². The van der Waals surface area contributed by atoms with Crippen LogP contribution in [0.4, 0.5) is 0 Å². The largest absolute Gasteiger partial charge is 0.292 e. The van der Waals surface area contributed by atoms with Gasteiger partial charge in [0, 0.05) is 0 Å². The number of benzene rings is 2. The van der Waals surface area contributed by atoms with Gasteiger partial charge < -0.3 is 0 Å². The van der Waals surface area contributed by atoms with Gasteiger partial charge >= 0.3 is 0 Å². The smallest absolute Gasteiger partial charge is 0.129 e. The van der Waals surface area contributed by atoms with Crippen molar-refractivity contribution in [1.29, 1.82) is 0 Å². The molecule has 0 bridgehead atoms. The lowest BCUT2D eigenvalue weighted by atomic mass is 10.1. The minimum Gasteiger partial charge on any atom is -0.292 e. The SMILES string of the molecule is CCCCCCCC/C=C\CCCCCCCCNC(c1ccccc1)n1nnc2ccccc21. The molecule has 0 amide bonds. The molecule has 4 nitrogen and oxygen atoms in total. The zero-order valence-electron chi connectivity index (χ0n) is 21.9. The van der Waals surface area contributed by atoms with Crippen LogP contribution in [0.1, 0.15) is 109 Å². The van der Waals surface area contributed by atoms with Crippen LogP contribution >= 0.6 is 0 Å². The molecule has 2 aromatic carbocycles. The molecule has 1 atom stereocenters. The van der Waals surface area contributed by atoms with Crippen molar-refractivity contribution in [3.8, 4) is 0 Å². The van der Waals surface area contributed by atoms with Crippen molar-refractivity contribution in [1.82, 2.24) is 20.3 Å². The van der Waals surface area contributed by atoms with Crippen LogP contribution < -0.4 is 5.32 Å². The Morgan fingerprint density at radius 3 is 2.03 bits per heavy atom. The average Bonchev–Trinajstić information content (AvgIpc) is 3.32. The second kappa shape index (κ2) is 17.0. The van der Waals surface area contributed by atoms with Crippen LogP contribution in [0, 0.1) is 0 Å². The highest BCUT2D eigenvalue weighted by molar-refractivity contribution is 5.74. The first-order valence-electron chi connectivity index (χ1n) is 14.1. The minimum absolute atomic E-state index is 0.00623. The predicted octanol–water partition coefficient (Wildman–Crippen LogP) is 8.61. The monoisotopic (exact) mass is 474 g/mol. The van der Waals surface area contributed by atoms with E-state index in [1.807, 2.05) is 16.8 Å². The molecule has 1 aromatic heterocycles. The lowest BCUT2D eigenvalue weighted by Gasteiger charge is -2.20. The Bertz CT molecular complexity index is 947. The summed E-state index contributed by atoms with van der Waals surface area (Å²) >= 11 is 0. The summed E-state index contributed by atoms with van der Waals surface area (Å²) in [7, 11) is 0. The van der Waals surface area contributed by atoms with E-state index in [0.717, 1.165) is 17.6 Å². The summed E-state index contributed by atoms with van der Waals surface area (Å²) in [6, 6.07) is 18.7. The third-order valence-corrected chi connectivity index (χ3v) is 6.76. The normalized spacial score (nSPS) is 12.6. The molecule has 0 radical (unpaired) electrons. The quantitative estimate of drug-likeness (QED) is 0.140. The molecule has 1 unspecified atom stereocenters. The molecule has 0 aliphatic heterocycles. The van der Waals surface area contributed by atoms with Gasteiger partial charge in [-0.1, -0.05) is 125 Å². The Kier molecular flexibility index (Phi) is 13.2. The van der Waals surface area contributed by atoms with Gasteiger partial charge in [-0.3, -0.25) is 5.32 Å². The number of hydrogen-bond acceptors (Lipinski definition) is 3. The molecule has 0 saturated carbocycles. The molecule has 190 valence electrons. The maximum absolute atomic E-state index is 4.47. The first-order valence-corrected chi connectivity index (χ1v) is 14.1. The van der Waals surface area contributed by atoms with Crippen LogP contribution in [0.15, 0.2) is 66.7 Å². The number of nitrogens with zero attached hydrogens (tertiary/aromatic N) is 3. The topological polar surface area (TPSA) is 42.7 Å². The molecule has 0 saturated heterocycles. The average molecular weight is 475 g/mol. The van der Waals surface area contributed by atoms with Crippen LogP contribution in [0.25, 0.3) is 11.0 Å². The van der Waals surface area contributed by atoms with Crippen molar-refractivity contribution in [2.75, 3.05) is 6.54 Å². The summed E-state index contributed by atoms with van der Waals surface area (Å²) in [5, 5.41) is 12.6.